The lowest BCUT2D eigenvalue weighted by atomic mass is 9.78. The lowest BCUT2D eigenvalue weighted by Crippen LogP contribution is -2.49. The van der Waals surface area contributed by atoms with Crippen molar-refractivity contribution in [1.82, 2.24) is 4.90 Å². The minimum atomic E-state index is -0.738. The maximum absolute atomic E-state index is 11.5. The molecule has 0 spiro atoms. The molecule has 1 N–H and O–H groups in total. The summed E-state index contributed by atoms with van der Waals surface area (Å²) in [6, 6.07) is 17.7. The maximum Gasteiger partial charge on any atom is 0.119 e. The van der Waals surface area contributed by atoms with E-state index in [4.69, 9.17) is 4.74 Å². The number of methoxy groups -OCH3 is 1. The van der Waals surface area contributed by atoms with Crippen molar-refractivity contribution in [2.24, 2.45) is 0 Å². The van der Waals surface area contributed by atoms with Crippen LogP contribution in [0.2, 0.25) is 0 Å². The normalized spacial score (nSPS) is 28.9. The van der Waals surface area contributed by atoms with E-state index in [-0.39, 0.29) is 0 Å². The molecule has 2 aliphatic heterocycles. The summed E-state index contributed by atoms with van der Waals surface area (Å²) in [6.07, 6.45) is 3.99. The van der Waals surface area contributed by atoms with Gasteiger partial charge in [-0.05, 0) is 61.4 Å². The van der Waals surface area contributed by atoms with Crippen LogP contribution in [0.4, 0.5) is 0 Å². The fourth-order valence-electron chi connectivity index (χ4n) is 4.82. The fraction of sp³-hybridized carbons (Fsp3) is 0.455. The van der Waals surface area contributed by atoms with Gasteiger partial charge in [0, 0.05) is 18.6 Å². The van der Waals surface area contributed by atoms with Crippen molar-refractivity contribution < 1.29 is 9.84 Å². The van der Waals surface area contributed by atoms with E-state index in [2.05, 4.69) is 48.2 Å². The van der Waals surface area contributed by atoms with Gasteiger partial charge in [0.15, 0.2) is 0 Å². The minimum Gasteiger partial charge on any atom is -0.497 e. The molecule has 2 unspecified atom stereocenters. The highest BCUT2D eigenvalue weighted by atomic mass is 16.5. The predicted molar refractivity (Wildman–Crippen MR) is 99.7 cm³/mol. The first-order chi connectivity index (χ1) is 12.1. The van der Waals surface area contributed by atoms with Crippen molar-refractivity contribution in [3.63, 3.8) is 0 Å². The molecular weight excluding hydrogens is 310 g/mol. The van der Waals surface area contributed by atoms with E-state index in [0.29, 0.717) is 12.1 Å². The molecule has 2 aromatic carbocycles. The van der Waals surface area contributed by atoms with Gasteiger partial charge in [-0.15, -0.1) is 0 Å². The highest BCUT2D eigenvalue weighted by Gasteiger charge is 2.48. The first-order valence-electron chi connectivity index (χ1n) is 9.26. The topological polar surface area (TPSA) is 32.7 Å². The van der Waals surface area contributed by atoms with Crippen LogP contribution in [0.3, 0.4) is 0 Å². The second-order valence-corrected chi connectivity index (χ2v) is 7.66. The van der Waals surface area contributed by atoms with Crippen molar-refractivity contribution in [1.29, 1.82) is 0 Å². The smallest absolute Gasteiger partial charge is 0.119 e. The average Bonchev–Trinajstić information content (AvgIpc) is 2.87. The number of hydrogen-bond acceptors (Lipinski definition) is 3. The van der Waals surface area contributed by atoms with Crippen molar-refractivity contribution in [3.05, 3.63) is 65.2 Å². The second kappa shape index (κ2) is 6.47. The van der Waals surface area contributed by atoms with Crippen LogP contribution in [0.15, 0.2) is 48.5 Å². The largest absolute Gasteiger partial charge is 0.497 e. The molecule has 4 rings (SSSR count). The predicted octanol–water partition coefficient (Wildman–Crippen LogP) is 4.02. The summed E-state index contributed by atoms with van der Waals surface area (Å²) in [5.41, 5.74) is 2.82. The fourth-order valence-corrected chi connectivity index (χ4v) is 4.82. The van der Waals surface area contributed by atoms with Crippen molar-refractivity contribution in [3.8, 4) is 5.75 Å². The van der Waals surface area contributed by atoms with Gasteiger partial charge in [-0.1, -0.05) is 36.4 Å². The first kappa shape index (κ1) is 16.6. The molecule has 2 aliphatic rings. The van der Waals surface area contributed by atoms with Gasteiger partial charge in [0.05, 0.1) is 12.7 Å². The second-order valence-electron chi connectivity index (χ2n) is 7.66. The van der Waals surface area contributed by atoms with Crippen molar-refractivity contribution in [2.45, 2.75) is 56.8 Å². The molecule has 0 saturated carbocycles. The molecule has 132 valence electrons. The quantitative estimate of drug-likeness (QED) is 0.915. The molecule has 0 aromatic heterocycles. The van der Waals surface area contributed by atoms with Gasteiger partial charge < -0.3 is 9.84 Å². The molecule has 2 fully saturated rings. The molecule has 3 nitrogen and oxygen atoms in total. The number of nitrogens with zero attached hydrogens (tertiary/aromatic N) is 1. The molecule has 0 radical (unpaired) electrons. The standard InChI is InChI=1S/C22H27NO2/c1-16-8-11-20(25-2)12-21(16)22(24)13-18-9-10-19(14-22)23(18)15-17-6-4-3-5-7-17/h3-8,11-12,18-19,24H,9-10,13-15H2,1-2H3. The molecule has 3 heteroatoms. The van der Waals surface area contributed by atoms with Gasteiger partial charge in [0.1, 0.15) is 5.75 Å². The monoisotopic (exact) mass is 337 g/mol. The zero-order chi connectivity index (χ0) is 17.4. The summed E-state index contributed by atoms with van der Waals surface area (Å²) >= 11 is 0. The summed E-state index contributed by atoms with van der Waals surface area (Å²) in [5.74, 6) is 0.827. The van der Waals surface area contributed by atoms with Gasteiger partial charge in [-0.2, -0.15) is 0 Å². The van der Waals surface area contributed by atoms with Crippen LogP contribution in [0.1, 0.15) is 42.4 Å². The number of aryl methyl sites for hydroxylation is 1. The lowest BCUT2D eigenvalue weighted by molar-refractivity contribution is -0.0599. The van der Waals surface area contributed by atoms with E-state index in [9.17, 15) is 5.11 Å². The maximum atomic E-state index is 11.5. The minimum absolute atomic E-state index is 0.453. The molecular formula is C22H27NO2. The Morgan fingerprint density at radius 1 is 1.08 bits per heavy atom. The third kappa shape index (κ3) is 3.07. The first-order valence-corrected chi connectivity index (χ1v) is 9.26. The molecule has 0 amide bonds. The molecule has 25 heavy (non-hydrogen) atoms. The Labute approximate surface area is 150 Å². The molecule has 2 heterocycles. The van der Waals surface area contributed by atoms with Crippen LogP contribution in [0.5, 0.6) is 5.75 Å². The Kier molecular flexibility index (Phi) is 4.30. The number of piperidine rings is 1. The van der Waals surface area contributed by atoms with Crippen LogP contribution in [-0.2, 0) is 12.1 Å². The number of rotatable bonds is 4. The molecule has 2 saturated heterocycles. The zero-order valence-corrected chi connectivity index (χ0v) is 15.1. The Hall–Kier alpha value is -1.84. The number of aliphatic hydroxyl groups is 1. The number of ether oxygens (including phenoxy) is 1. The average molecular weight is 337 g/mol. The summed E-state index contributed by atoms with van der Waals surface area (Å²) in [6.45, 7) is 3.08. The van der Waals surface area contributed by atoms with E-state index in [1.165, 1.54) is 18.4 Å². The molecule has 2 aromatic rings. The lowest BCUT2D eigenvalue weighted by Gasteiger charge is -2.44. The number of benzene rings is 2. The van der Waals surface area contributed by atoms with E-state index >= 15 is 0 Å². The van der Waals surface area contributed by atoms with Gasteiger partial charge in [-0.25, -0.2) is 0 Å². The van der Waals surface area contributed by atoms with Gasteiger partial charge in [0.25, 0.3) is 0 Å². The van der Waals surface area contributed by atoms with Gasteiger partial charge in [-0.3, -0.25) is 4.90 Å². The Morgan fingerprint density at radius 3 is 2.40 bits per heavy atom. The van der Waals surface area contributed by atoms with E-state index in [1.54, 1.807) is 7.11 Å². The number of fused-ring (bicyclic) bond motifs is 2. The summed E-state index contributed by atoms with van der Waals surface area (Å²) in [7, 11) is 1.69. The Bertz CT molecular complexity index is 729. The third-order valence-electron chi connectivity index (χ3n) is 6.07. The van der Waals surface area contributed by atoms with Gasteiger partial charge >= 0.3 is 0 Å². The molecule has 2 atom stereocenters. The summed E-state index contributed by atoms with van der Waals surface area (Å²) in [4.78, 5) is 2.61. The molecule has 0 aliphatic carbocycles. The third-order valence-corrected chi connectivity index (χ3v) is 6.07. The summed E-state index contributed by atoms with van der Waals surface area (Å²) < 4.78 is 5.39. The van der Waals surface area contributed by atoms with Crippen LogP contribution in [-0.4, -0.2) is 29.2 Å². The zero-order valence-electron chi connectivity index (χ0n) is 15.1. The van der Waals surface area contributed by atoms with Crippen LogP contribution in [0, 0.1) is 6.92 Å². The van der Waals surface area contributed by atoms with E-state index in [0.717, 1.165) is 36.3 Å². The SMILES string of the molecule is COc1ccc(C)c(C2(O)CC3CCC(C2)N3Cc2ccccc2)c1. The van der Waals surface area contributed by atoms with E-state index < -0.39 is 5.60 Å². The van der Waals surface area contributed by atoms with Crippen molar-refractivity contribution in [2.75, 3.05) is 7.11 Å². The highest BCUT2D eigenvalue weighted by Crippen LogP contribution is 2.47. The Balaban J connectivity index is 1.58. The highest BCUT2D eigenvalue weighted by molar-refractivity contribution is 5.39. The summed E-state index contributed by atoms with van der Waals surface area (Å²) in [5, 5.41) is 11.5. The van der Waals surface area contributed by atoms with Crippen LogP contribution >= 0.6 is 0 Å². The van der Waals surface area contributed by atoms with Crippen LogP contribution in [0.25, 0.3) is 0 Å². The van der Waals surface area contributed by atoms with Gasteiger partial charge in [0.2, 0.25) is 0 Å². The van der Waals surface area contributed by atoms with Crippen LogP contribution < -0.4 is 4.74 Å². The van der Waals surface area contributed by atoms with E-state index in [1.807, 2.05) is 12.1 Å². The number of hydrogen-bond donors (Lipinski definition) is 1. The van der Waals surface area contributed by atoms with Crippen molar-refractivity contribution >= 4 is 0 Å². The molecule has 2 bridgehead atoms. The Morgan fingerprint density at radius 2 is 1.76 bits per heavy atom.